The van der Waals surface area contributed by atoms with Gasteiger partial charge in [-0.2, -0.15) is 0 Å². The van der Waals surface area contributed by atoms with Gasteiger partial charge in [-0.25, -0.2) is 0 Å². The second-order valence-electron chi connectivity index (χ2n) is 7.88. The number of nitrogens with zero attached hydrogens (tertiary/aromatic N) is 2. The normalized spacial score (nSPS) is 14.9. The van der Waals surface area contributed by atoms with Crippen LogP contribution in [0.15, 0.2) is 70.3 Å². The lowest BCUT2D eigenvalue weighted by Gasteiger charge is -2.35. The molecule has 31 heavy (non-hydrogen) atoms. The molecule has 156 valence electrons. The summed E-state index contributed by atoms with van der Waals surface area (Å²) in [5.74, 6) is -0.0706. The number of hydrogen-bond donors (Lipinski definition) is 2. The molecule has 1 aliphatic rings. The highest BCUT2D eigenvalue weighted by Crippen LogP contribution is 2.21. The van der Waals surface area contributed by atoms with Crippen molar-refractivity contribution in [2.75, 3.05) is 26.2 Å². The van der Waals surface area contributed by atoms with Crippen LogP contribution in [-0.4, -0.2) is 51.9 Å². The first-order valence-corrected chi connectivity index (χ1v) is 10.3. The lowest BCUT2D eigenvalue weighted by Crippen LogP contribution is -2.48. The summed E-state index contributed by atoms with van der Waals surface area (Å²) in [5, 5.41) is 2.51. The monoisotopic (exact) mass is 414 g/mol. The number of carbonyl (C=O) groups excluding carboxylic acids is 1. The van der Waals surface area contributed by atoms with Gasteiger partial charge in [-0.05, 0) is 34.5 Å². The zero-order valence-corrected chi connectivity index (χ0v) is 16.9. The van der Waals surface area contributed by atoms with Crippen molar-refractivity contribution < 1.29 is 4.79 Å². The zero-order valence-electron chi connectivity index (χ0n) is 16.9. The highest BCUT2D eigenvalue weighted by molar-refractivity contribution is 5.97. The van der Waals surface area contributed by atoms with Crippen LogP contribution in [-0.2, 0) is 6.54 Å². The second kappa shape index (κ2) is 7.85. The molecule has 0 aliphatic carbocycles. The molecule has 0 unspecified atom stereocenters. The molecule has 3 aromatic carbocycles. The molecule has 7 nitrogen and oxygen atoms in total. The molecule has 7 heteroatoms. The van der Waals surface area contributed by atoms with Gasteiger partial charge in [-0.15, -0.1) is 0 Å². The minimum absolute atomic E-state index is 0.0706. The van der Waals surface area contributed by atoms with Gasteiger partial charge in [0, 0.05) is 38.3 Å². The third-order valence-corrected chi connectivity index (χ3v) is 5.90. The average Bonchev–Trinajstić information content (AvgIpc) is 2.80. The van der Waals surface area contributed by atoms with Crippen LogP contribution in [0, 0.1) is 0 Å². The fourth-order valence-corrected chi connectivity index (χ4v) is 4.21. The second-order valence-corrected chi connectivity index (χ2v) is 7.88. The lowest BCUT2D eigenvalue weighted by atomic mass is 10.0. The van der Waals surface area contributed by atoms with E-state index in [-0.39, 0.29) is 5.91 Å². The smallest absolute Gasteiger partial charge is 0.314 e. The number of aromatic amines is 2. The first-order valence-electron chi connectivity index (χ1n) is 10.3. The molecule has 1 amide bonds. The van der Waals surface area contributed by atoms with E-state index in [0.29, 0.717) is 29.7 Å². The predicted molar refractivity (Wildman–Crippen MR) is 120 cm³/mol. The van der Waals surface area contributed by atoms with Crippen molar-refractivity contribution >= 4 is 27.7 Å². The first-order chi connectivity index (χ1) is 15.1. The molecule has 0 atom stereocenters. The Kier molecular flexibility index (Phi) is 4.88. The van der Waals surface area contributed by atoms with Gasteiger partial charge < -0.3 is 14.9 Å². The van der Waals surface area contributed by atoms with Crippen molar-refractivity contribution in [2.45, 2.75) is 6.54 Å². The Balaban J connectivity index is 1.28. The van der Waals surface area contributed by atoms with Crippen LogP contribution in [0.1, 0.15) is 15.9 Å². The summed E-state index contributed by atoms with van der Waals surface area (Å²) in [6.45, 7) is 3.74. The molecule has 0 bridgehead atoms. The van der Waals surface area contributed by atoms with Gasteiger partial charge >= 0.3 is 11.1 Å². The van der Waals surface area contributed by atoms with Crippen molar-refractivity contribution in [2.24, 2.45) is 0 Å². The summed E-state index contributed by atoms with van der Waals surface area (Å²) >= 11 is 0. The fraction of sp³-hybridized carbons (Fsp3) is 0.208. The summed E-state index contributed by atoms with van der Waals surface area (Å²) in [5.41, 5.74) is 1.32. The van der Waals surface area contributed by atoms with Crippen LogP contribution in [0.3, 0.4) is 0 Å². The Hall–Kier alpha value is -3.71. The van der Waals surface area contributed by atoms with E-state index in [9.17, 15) is 14.4 Å². The molecule has 0 radical (unpaired) electrons. The number of fused-ring (bicyclic) bond motifs is 2. The van der Waals surface area contributed by atoms with Crippen LogP contribution in [0.2, 0.25) is 0 Å². The summed E-state index contributed by atoms with van der Waals surface area (Å²) in [4.78, 5) is 45.3. The molecule has 0 saturated carbocycles. The highest BCUT2D eigenvalue weighted by Gasteiger charge is 2.23. The van der Waals surface area contributed by atoms with E-state index in [0.717, 1.165) is 19.6 Å². The molecule has 1 aromatic heterocycles. The number of benzene rings is 3. The van der Waals surface area contributed by atoms with Crippen LogP contribution in [0.25, 0.3) is 21.8 Å². The first kappa shape index (κ1) is 19.3. The van der Waals surface area contributed by atoms with Crippen molar-refractivity contribution in [1.29, 1.82) is 0 Å². The number of carbonyl (C=O) groups is 1. The summed E-state index contributed by atoms with van der Waals surface area (Å²) in [6.07, 6.45) is 0. The topological polar surface area (TPSA) is 89.3 Å². The van der Waals surface area contributed by atoms with Crippen molar-refractivity contribution in [1.82, 2.24) is 19.8 Å². The number of amides is 1. The number of piperazine rings is 1. The average molecular weight is 414 g/mol. The minimum Gasteiger partial charge on any atom is -0.336 e. The van der Waals surface area contributed by atoms with Gasteiger partial charge in [-0.3, -0.25) is 19.3 Å². The maximum absolute atomic E-state index is 13.0. The summed E-state index contributed by atoms with van der Waals surface area (Å²) in [6, 6.07) is 19.7. The van der Waals surface area contributed by atoms with E-state index in [1.54, 1.807) is 18.2 Å². The number of rotatable bonds is 3. The van der Waals surface area contributed by atoms with Crippen LogP contribution >= 0.6 is 0 Å². The molecule has 0 spiro atoms. The Morgan fingerprint density at radius 2 is 1.52 bits per heavy atom. The van der Waals surface area contributed by atoms with Crippen LogP contribution in [0.5, 0.6) is 0 Å². The number of aromatic nitrogens is 2. The SMILES string of the molecule is O=C(c1ccc2[nH]c(=O)c(=O)[nH]c2c1)N1CCN(Cc2cccc3ccccc23)CC1. The van der Waals surface area contributed by atoms with Crippen LogP contribution in [0.4, 0.5) is 0 Å². The Morgan fingerprint density at radius 1 is 0.806 bits per heavy atom. The van der Waals surface area contributed by atoms with E-state index in [2.05, 4.69) is 57.3 Å². The Bertz CT molecular complexity index is 1390. The molecule has 4 aromatic rings. The molecular formula is C24H22N4O3. The standard InChI is InChI=1S/C24H22N4O3/c29-22-23(30)26-21-14-17(8-9-20(21)25-22)24(31)28-12-10-27(11-13-28)15-18-6-3-5-16-4-1-2-7-19(16)18/h1-9,14H,10-13,15H2,(H,25,29)(H,26,30). The van der Waals surface area contributed by atoms with Crippen molar-refractivity contribution in [3.8, 4) is 0 Å². The maximum Gasteiger partial charge on any atom is 0.314 e. The number of nitrogens with one attached hydrogen (secondary N) is 2. The van der Waals surface area contributed by atoms with E-state index < -0.39 is 11.1 Å². The summed E-state index contributed by atoms with van der Waals surface area (Å²) < 4.78 is 0. The zero-order chi connectivity index (χ0) is 21.4. The number of hydrogen-bond acceptors (Lipinski definition) is 4. The van der Waals surface area contributed by atoms with Gasteiger partial charge in [0.2, 0.25) is 0 Å². The molecule has 1 aliphatic heterocycles. The lowest BCUT2D eigenvalue weighted by molar-refractivity contribution is 0.0629. The van der Waals surface area contributed by atoms with Gasteiger partial charge in [0.25, 0.3) is 5.91 Å². The fourth-order valence-electron chi connectivity index (χ4n) is 4.21. The van der Waals surface area contributed by atoms with Gasteiger partial charge in [0.1, 0.15) is 0 Å². The predicted octanol–water partition coefficient (Wildman–Crippen LogP) is 2.33. The largest absolute Gasteiger partial charge is 0.336 e. The highest BCUT2D eigenvalue weighted by atomic mass is 16.2. The Labute approximate surface area is 177 Å². The molecule has 5 rings (SSSR count). The van der Waals surface area contributed by atoms with E-state index in [4.69, 9.17) is 0 Å². The van der Waals surface area contributed by atoms with Crippen molar-refractivity contribution in [3.63, 3.8) is 0 Å². The van der Waals surface area contributed by atoms with Crippen molar-refractivity contribution in [3.05, 3.63) is 92.5 Å². The minimum atomic E-state index is -0.723. The van der Waals surface area contributed by atoms with Gasteiger partial charge in [-0.1, -0.05) is 42.5 Å². The number of H-pyrrole nitrogens is 2. The maximum atomic E-state index is 13.0. The van der Waals surface area contributed by atoms with Crippen LogP contribution < -0.4 is 11.1 Å². The van der Waals surface area contributed by atoms with Gasteiger partial charge in [0.05, 0.1) is 11.0 Å². The Morgan fingerprint density at radius 3 is 2.32 bits per heavy atom. The quantitative estimate of drug-likeness (QED) is 0.504. The van der Waals surface area contributed by atoms with E-state index in [1.807, 2.05) is 4.90 Å². The third-order valence-electron chi connectivity index (χ3n) is 5.90. The molecule has 2 heterocycles. The van der Waals surface area contributed by atoms with E-state index in [1.165, 1.54) is 16.3 Å². The molecule has 1 fully saturated rings. The summed E-state index contributed by atoms with van der Waals surface area (Å²) in [7, 11) is 0. The molecular weight excluding hydrogens is 392 g/mol. The molecule has 1 saturated heterocycles. The van der Waals surface area contributed by atoms with E-state index >= 15 is 0 Å². The molecule has 2 N–H and O–H groups in total. The third kappa shape index (κ3) is 3.75. The van der Waals surface area contributed by atoms with Gasteiger partial charge in [0.15, 0.2) is 0 Å².